The minimum absolute atomic E-state index is 0.0995. The summed E-state index contributed by atoms with van der Waals surface area (Å²) in [6.07, 6.45) is 0.662. The number of fused-ring (bicyclic) bond motifs is 1. The van der Waals surface area contributed by atoms with Crippen molar-refractivity contribution in [3.8, 4) is 5.75 Å². The van der Waals surface area contributed by atoms with Gasteiger partial charge in [0.05, 0.1) is 16.8 Å². The van der Waals surface area contributed by atoms with Gasteiger partial charge in [0.25, 0.3) is 0 Å². The van der Waals surface area contributed by atoms with Gasteiger partial charge >= 0.3 is 0 Å². The third kappa shape index (κ3) is 3.46. The van der Waals surface area contributed by atoms with Crippen molar-refractivity contribution in [2.45, 2.75) is 50.7 Å². The molecule has 29 heavy (non-hydrogen) atoms. The molecule has 0 radical (unpaired) electrons. The standard InChI is InChI=1S/C20H22ClFN4O3/c1-9(23)12-5-14(22)13(21)6-16(12)29-17-7-15(18(27)19(17)28)26-4-3-11-10(2)24-8-25-20(11)26/h3-6,8-9,15,17-19,27-28H,7,23H2,1-2H3/t9-,15-,17+,18+,19-/m1/s1. The molecule has 3 aromatic rings. The zero-order valence-electron chi connectivity index (χ0n) is 16.0. The van der Waals surface area contributed by atoms with E-state index < -0.39 is 36.2 Å². The molecule has 0 amide bonds. The molecule has 154 valence electrons. The fourth-order valence-electron chi connectivity index (χ4n) is 3.89. The van der Waals surface area contributed by atoms with E-state index >= 15 is 0 Å². The van der Waals surface area contributed by atoms with Crippen LogP contribution in [0.1, 0.15) is 36.7 Å². The maximum atomic E-state index is 13.9. The summed E-state index contributed by atoms with van der Waals surface area (Å²) in [6.45, 7) is 3.58. The molecule has 5 atom stereocenters. The van der Waals surface area contributed by atoms with Crippen LogP contribution in [-0.2, 0) is 0 Å². The molecule has 4 rings (SSSR count). The van der Waals surface area contributed by atoms with Gasteiger partial charge in [-0.1, -0.05) is 11.6 Å². The van der Waals surface area contributed by atoms with E-state index in [0.29, 0.717) is 23.4 Å². The van der Waals surface area contributed by atoms with E-state index in [4.69, 9.17) is 22.1 Å². The predicted octanol–water partition coefficient (Wildman–Crippen LogP) is 2.67. The predicted molar refractivity (Wildman–Crippen MR) is 106 cm³/mol. The lowest BCUT2D eigenvalue weighted by Gasteiger charge is -2.21. The Balaban J connectivity index is 1.65. The van der Waals surface area contributed by atoms with Gasteiger partial charge in [-0.3, -0.25) is 0 Å². The van der Waals surface area contributed by atoms with Crippen LogP contribution in [0, 0.1) is 12.7 Å². The highest BCUT2D eigenvalue weighted by Gasteiger charge is 2.44. The Labute approximate surface area is 171 Å². The molecule has 1 aliphatic carbocycles. The number of aryl methyl sites for hydroxylation is 1. The summed E-state index contributed by atoms with van der Waals surface area (Å²) >= 11 is 5.91. The average Bonchev–Trinajstić information content (AvgIpc) is 3.22. The summed E-state index contributed by atoms with van der Waals surface area (Å²) in [5.74, 6) is -0.302. The van der Waals surface area contributed by atoms with Gasteiger partial charge in [0.15, 0.2) is 0 Å². The number of benzene rings is 1. The Morgan fingerprint density at radius 1 is 1.31 bits per heavy atom. The van der Waals surface area contributed by atoms with Crippen molar-refractivity contribution in [1.82, 2.24) is 14.5 Å². The molecular weight excluding hydrogens is 399 g/mol. The number of nitrogens with two attached hydrogens (primary N) is 1. The molecule has 0 aliphatic heterocycles. The van der Waals surface area contributed by atoms with Crippen LogP contribution in [0.25, 0.3) is 11.0 Å². The van der Waals surface area contributed by atoms with Crippen LogP contribution in [0.15, 0.2) is 30.7 Å². The van der Waals surface area contributed by atoms with Crippen LogP contribution >= 0.6 is 11.6 Å². The molecule has 2 heterocycles. The quantitative estimate of drug-likeness (QED) is 0.599. The van der Waals surface area contributed by atoms with Crippen molar-refractivity contribution < 1.29 is 19.3 Å². The lowest BCUT2D eigenvalue weighted by molar-refractivity contribution is -0.0166. The summed E-state index contributed by atoms with van der Waals surface area (Å²) in [5.41, 5.74) is 7.87. The molecule has 1 aliphatic rings. The number of nitrogens with zero attached hydrogens (tertiary/aromatic N) is 3. The highest BCUT2D eigenvalue weighted by molar-refractivity contribution is 6.30. The van der Waals surface area contributed by atoms with Crippen LogP contribution in [0.4, 0.5) is 4.39 Å². The zero-order valence-corrected chi connectivity index (χ0v) is 16.7. The molecule has 2 aromatic heterocycles. The van der Waals surface area contributed by atoms with Gasteiger partial charge in [-0.05, 0) is 26.0 Å². The monoisotopic (exact) mass is 420 g/mol. The average molecular weight is 421 g/mol. The zero-order chi connectivity index (χ0) is 20.9. The van der Waals surface area contributed by atoms with E-state index in [-0.39, 0.29) is 5.02 Å². The largest absolute Gasteiger partial charge is 0.487 e. The Hall–Kier alpha value is -2.26. The molecule has 0 unspecified atom stereocenters. The van der Waals surface area contributed by atoms with E-state index in [1.54, 1.807) is 6.92 Å². The number of aliphatic hydroxyl groups excluding tert-OH is 2. The molecule has 0 bridgehead atoms. The van der Waals surface area contributed by atoms with Crippen molar-refractivity contribution in [3.63, 3.8) is 0 Å². The first-order valence-electron chi connectivity index (χ1n) is 9.33. The molecule has 0 saturated heterocycles. The second-order valence-corrected chi connectivity index (χ2v) is 7.86. The summed E-state index contributed by atoms with van der Waals surface area (Å²) in [6, 6.07) is 3.52. The Morgan fingerprint density at radius 2 is 2.07 bits per heavy atom. The van der Waals surface area contributed by atoms with Crippen LogP contribution in [0.5, 0.6) is 5.75 Å². The lowest BCUT2D eigenvalue weighted by Crippen LogP contribution is -2.34. The Kier molecular flexibility index (Phi) is 5.20. The van der Waals surface area contributed by atoms with E-state index in [1.807, 2.05) is 23.8 Å². The minimum Gasteiger partial charge on any atom is -0.487 e. The molecular formula is C20H22ClFN4O3. The van der Waals surface area contributed by atoms with Gasteiger partial charge in [0.1, 0.15) is 41.9 Å². The van der Waals surface area contributed by atoms with Crippen molar-refractivity contribution in [2.24, 2.45) is 5.73 Å². The Morgan fingerprint density at radius 3 is 2.79 bits per heavy atom. The second kappa shape index (κ2) is 7.53. The van der Waals surface area contributed by atoms with Gasteiger partial charge in [-0.25, -0.2) is 14.4 Å². The van der Waals surface area contributed by atoms with Crippen LogP contribution in [0.3, 0.4) is 0 Å². The van der Waals surface area contributed by atoms with Gasteiger partial charge in [0, 0.05) is 35.7 Å². The first-order chi connectivity index (χ1) is 13.8. The second-order valence-electron chi connectivity index (χ2n) is 7.45. The van der Waals surface area contributed by atoms with E-state index in [0.717, 1.165) is 11.1 Å². The van der Waals surface area contributed by atoms with Crippen molar-refractivity contribution in [1.29, 1.82) is 0 Å². The van der Waals surface area contributed by atoms with E-state index in [2.05, 4.69) is 9.97 Å². The first-order valence-corrected chi connectivity index (χ1v) is 9.71. The minimum atomic E-state index is -1.15. The molecule has 4 N–H and O–H groups in total. The summed E-state index contributed by atoms with van der Waals surface area (Å²) < 4.78 is 21.6. The number of halogens is 2. The summed E-state index contributed by atoms with van der Waals surface area (Å²) in [5, 5.41) is 22.1. The summed E-state index contributed by atoms with van der Waals surface area (Å²) in [7, 11) is 0. The first kappa shape index (κ1) is 20.0. The van der Waals surface area contributed by atoms with Crippen molar-refractivity contribution in [2.75, 3.05) is 0 Å². The molecule has 1 aromatic carbocycles. The number of aliphatic hydroxyl groups is 2. The Bertz CT molecular complexity index is 1060. The lowest BCUT2D eigenvalue weighted by atomic mass is 10.1. The third-order valence-corrected chi connectivity index (χ3v) is 5.78. The third-order valence-electron chi connectivity index (χ3n) is 5.49. The van der Waals surface area contributed by atoms with Gasteiger partial charge in [-0.2, -0.15) is 0 Å². The number of aromatic nitrogens is 3. The van der Waals surface area contributed by atoms with Crippen molar-refractivity contribution in [3.05, 3.63) is 52.8 Å². The fraction of sp³-hybridized carbons (Fsp3) is 0.400. The molecule has 0 spiro atoms. The van der Waals surface area contributed by atoms with Crippen LogP contribution in [-0.4, -0.2) is 43.1 Å². The normalized spacial score (nSPS) is 25.5. The SMILES string of the molecule is Cc1ncnc2c1ccn2[C@@H]1C[C@H](Oc2cc(Cl)c(F)cc2[C@@H](C)N)[C@@H](O)[C@H]1O. The number of hydrogen-bond donors (Lipinski definition) is 3. The van der Waals surface area contributed by atoms with Crippen LogP contribution in [0.2, 0.25) is 5.02 Å². The highest BCUT2D eigenvalue weighted by Crippen LogP contribution is 2.38. The van der Waals surface area contributed by atoms with E-state index in [9.17, 15) is 14.6 Å². The van der Waals surface area contributed by atoms with Crippen molar-refractivity contribution >= 4 is 22.6 Å². The van der Waals surface area contributed by atoms with Gasteiger partial charge in [0.2, 0.25) is 0 Å². The van der Waals surface area contributed by atoms with Gasteiger partial charge in [-0.15, -0.1) is 0 Å². The molecule has 1 fully saturated rings. The summed E-state index contributed by atoms with van der Waals surface area (Å²) in [4.78, 5) is 8.49. The van der Waals surface area contributed by atoms with Crippen LogP contribution < -0.4 is 10.5 Å². The fourth-order valence-corrected chi connectivity index (χ4v) is 4.04. The highest BCUT2D eigenvalue weighted by atomic mass is 35.5. The number of hydrogen-bond acceptors (Lipinski definition) is 6. The maximum Gasteiger partial charge on any atom is 0.143 e. The van der Waals surface area contributed by atoms with E-state index in [1.165, 1.54) is 18.5 Å². The number of ether oxygens (including phenoxy) is 1. The molecule has 1 saturated carbocycles. The topological polar surface area (TPSA) is 106 Å². The van der Waals surface area contributed by atoms with Gasteiger partial charge < -0.3 is 25.3 Å². The molecule has 7 nitrogen and oxygen atoms in total. The number of rotatable bonds is 4. The maximum absolute atomic E-state index is 13.9. The smallest absolute Gasteiger partial charge is 0.143 e. The molecule has 9 heteroatoms.